The van der Waals surface area contributed by atoms with Crippen LogP contribution in [0, 0.1) is 0 Å². The number of ether oxygens (including phenoxy) is 3. The summed E-state index contributed by atoms with van der Waals surface area (Å²) in [6, 6.07) is 12.8. The van der Waals surface area contributed by atoms with E-state index in [0.29, 0.717) is 23.9 Å². The normalized spacial score (nSPS) is 11.5. The summed E-state index contributed by atoms with van der Waals surface area (Å²) in [5.41, 5.74) is 0.933. The van der Waals surface area contributed by atoms with Gasteiger partial charge in [-0.2, -0.15) is 0 Å². The van der Waals surface area contributed by atoms with Crippen LogP contribution in [0.2, 0.25) is 0 Å². The zero-order valence-corrected chi connectivity index (χ0v) is 16.8. The molecule has 1 amide bonds. The molecule has 2 aromatic rings. The van der Waals surface area contributed by atoms with Gasteiger partial charge >= 0.3 is 0 Å². The van der Waals surface area contributed by atoms with Crippen LogP contribution in [0.1, 0.15) is 31.9 Å². The molecular weight excluding hydrogens is 398 g/mol. The Morgan fingerprint density at radius 2 is 1.85 bits per heavy atom. The average molecular weight is 422 g/mol. The third-order valence-corrected chi connectivity index (χ3v) is 4.24. The lowest BCUT2D eigenvalue weighted by Gasteiger charge is -2.17. The Kier molecular flexibility index (Phi) is 7.78. The number of hydrogen-bond acceptors (Lipinski definition) is 4. The molecule has 0 saturated carbocycles. The highest BCUT2D eigenvalue weighted by Gasteiger charge is 2.13. The molecule has 140 valence electrons. The van der Waals surface area contributed by atoms with Crippen molar-refractivity contribution in [1.82, 2.24) is 5.32 Å². The Labute approximate surface area is 162 Å². The molecule has 0 radical (unpaired) electrons. The van der Waals surface area contributed by atoms with Crippen LogP contribution in [0.5, 0.6) is 17.2 Å². The Morgan fingerprint density at radius 1 is 1.12 bits per heavy atom. The van der Waals surface area contributed by atoms with E-state index < -0.39 is 0 Å². The second-order valence-electron chi connectivity index (χ2n) is 5.79. The maximum atomic E-state index is 12.1. The lowest BCUT2D eigenvalue weighted by atomic mass is 10.1. The van der Waals surface area contributed by atoms with Crippen LogP contribution >= 0.6 is 15.9 Å². The van der Waals surface area contributed by atoms with Crippen molar-refractivity contribution in [3.05, 3.63) is 52.5 Å². The summed E-state index contributed by atoms with van der Waals surface area (Å²) in [5.74, 6) is 1.82. The van der Waals surface area contributed by atoms with Gasteiger partial charge in [-0.15, -0.1) is 0 Å². The van der Waals surface area contributed by atoms with Crippen LogP contribution in [0.15, 0.2) is 46.9 Å². The quantitative estimate of drug-likeness (QED) is 0.647. The van der Waals surface area contributed by atoms with Crippen LogP contribution in [-0.4, -0.2) is 26.2 Å². The van der Waals surface area contributed by atoms with Gasteiger partial charge in [-0.05, 0) is 55.3 Å². The standard InChI is InChI=1S/C20H24BrNO4/c1-4-11-25-18-10-5-15(12-19(18)24-3)14(2)22-20(23)13-26-17-8-6-16(21)7-9-17/h5-10,12,14H,4,11,13H2,1-3H3,(H,22,23). The van der Waals surface area contributed by atoms with Gasteiger partial charge in [-0.25, -0.2) is 0 Å². The Hall–Kier alpha value is -2.21. The second kappa shape index (κ2) is 10.1. The molecular formula is C20H24BrNO4. The highest BCUT2D eigenvalue weighted by molar-refractivity contribution is 9.10. The first-order valence-corrected chi connectivity index (χ1v) is 9.31. The van der Waals surface area contributed by atoms with Gasteiger partial charge in [0, 0.05) is 4.47 Å². The molecule has 0 fully saturated rings. The minimum absolute atomic E-state index is 0.0409. The van der Waals surface area contributed by atoms with E-state index in [1.807, 2.05) is 37.3 Å². The molecule has 5 nitrogen and oxygen atoms in total. The smallest absolute Gasteiger partial charge is 0.258 e. The van der Waals surface area contributed by atoms with Crippen LogP contribution in [-0.2, 0) is 4.79 Å². The molecule has 0 aliphatic rings. The highest BCUT2D eigenvalue weighted by atomic mass is 79.9. The van der Waals surface area contributed by atoms with Gasteiger partial charge in [-0.3, -0.25) is 4.79 Å². The van der Waals surface area contributed by atoms with E-state index in [1.54, 1.807) is 19.2 Å². The number of carbonyl (C=O) groups excluding carboxylic acids is 1. The summed E-state index contributed by atoms with van der Waals surface area (Å²) in [4.78, 5) is 12.1. The van der Waals surface area contributed by atoms with E-state index >= 15 is 0 Å². The van der Waals surface area contributed by atoms with Crippen LogP contribution in [0.3, 0.4) is 0 Å². The fourth-order valence-corrected chi connectivity index (χ4v) is 2.60. The van der Waals surface area contributed by atoms with Crippen molar-refractivity contribution in [2.24, 2.45) is 0 Å². The monoisotopic (exact) mass is 421 g/mol. The summed E-state index contributed by atoms with van der Waals surface area (Å²) in [5, 5.41) is 2.92. The maximum absolute atomic E-state index is 12.1. The number of nitrogens with one attached hydrogen (secondary N) is 1. The zero-order valence-electron chi connectivity index (χ0n) is 15.3. The van der Waals surface area contributed by atoms with Gasteiger partial charge in [0.2, 0.25) is 0 Å². The van der Waals surface area contributed by atoms with E-state index in [9.17, 15) is 4.79 Å². The van der Waals surface area contributed by atoms with Gasteiger partial charge in [0.1, 0.15) is 5.75 Å². The molecule has 2 aromatic carbocycles. The Bertz CT molecular complexity index is 718. The number of methoxy groups -OCH3 is 1. The summed E-state index contributed by atoms with van der Waals surface area (Å²) in [6.07, 6.45) is 0.926. The summed E-state index contributed by atoms with van der Waals surface area (Å²) in [6.45, 7) is 4.56. The molecule has 0 aliphatic heterocycles. The molecule has 0 bridgehead atoms. The maximum Gasteiger partial charge on any atom is 0.258 e. The first-order valence-electron chi connectivity index (χ1n) is 8.52. The van der Waals surface area contributed by atoms with E-state index in [1.165, 1.54) is 0 Å². The first-order chi connectivity index (χ1) is 12.5. The Balaban J connectivity index is 1.92. The molecule has 1 atom stereocenters. The third kappa shape index (κ3) is 5.95. The number of halogens is 1. The minimum Gasteiger partial charge on any atom is -0.493 e. The molecule has 0 heterocycles. The summed E-state index contributed by atoms with van der Waals surface area (Å²) >= 11 is 3.36. The number of carbonyl (C=O) groups is 1. The molecule has 0 saturated heterocycles. The molecule has 6 heteroatoms. The zero-order chi connectivity index (χ0) is 18.9. The fraction of sp³-hybridized carbons (Fsp3) is 0.350. The molecule has 0 spiro atoms. The molecule has 2 rings (SSSR count). The SMILES string of the molecule is CCCOc1ccc(C(C)NC(=O)COc2ccc(Br)cc2)cc1OC. The van der Waals surface area contributed by atoms with Gasteiger partial charge in [-0.1, -0.05) is 28.9 Å². The van der Waals surface area contributed by atoms with Crippen LogP contribution < -0.4 is 19.5 Å². The van der Waals surface area contributed by atoms with Crippen molar-refractivity contribution in [3.8, 4) is 17.2 Å². The van der Waals surface area contributed by atoms with E-state index in [2.05, 4.69) is 28.2 Å². The van der Waals surface area contributed by atoms with E-state index in [0.717, 1.165) is 16.5 Å². The predicted octanol–water partition coefficient (Wildman–Crippen LogP) is 4.50. The summed E-state index contributed by atoms with van der Waals surface area (Å²) < 4.78 is 17.5. The van der Waals surface area contributed by atoms with Crippen molar-refractivity contribution in [2.45, 2.75) is 26.3 Å². The number of benzene rings is 2. The number of rotatable bonds is 9. The molecule has 1 unspecified atom stereocenters. The van der Waals surface area contributed by atoms with Crippen molar-refractivity contribution in [2.75, 3.05) is 20.3 Å². The lowest BCUT2D eigenvalue weighted by Crippen LogP contribution is -2.31. The number of amides is 1. The Morgan fingerprint density at radius 3 is 2.50 bits per heavy atom. The minimum atomic E-state index is -0.189. The highest BCUT2D eigenvalue weighted by Crippen LogP contribution is 2.30. The van der Waals surface area contributed by atoms with Gasteiger partial charge in [0.05, 0.1) is 19.8 Å². The van der Waals surface area contributed by atoms with Crippen molar-refractivity contribution in [3.63, 3.8) is 0 Å². The lowest BCUT2D eigenvalue weighted by molar-refractivity contribution is -0.123. The molecule has 0 aromatic heterocycles. The average Bonchev–Trinajstić information content (AvgIpc) is 2.65. The van der Waals surface area contributed by atoms with Gasteiger partial charge in [0.25, 0.3) is 5.91 Å². The van der Waals surface area contributed by atoms with E-state index in [4.69, 9.17) is 14.2 Å². The van der Waals surface area contributed by atoms with Crippen molar-refractivity contribution < 1.29 is 19.0 Å². The van der Waals surface area contributed by atoms with E-state index in [-0.39, 0.29) is 18.6 Å². The fourth-order valence-electron chi connectivity index (χ4n) is 2.33. The summed E-state index contributed by atoms with van der Waals surface area (Å²) in [7, 11) is 1.60. The van der Waals surface area contributed by atoms with Crippen LogP contribution in [0.25, 0.3) is 0 Å². The predicted molar refractivity (Wildman–Crippen MR) is 105 cm³/mol. The third-order valence-electron chi connectivity index (χ3n) is 3.71. The number of hydrogen-bond donors (Lipinski definition) is 1. The molecule has 1 N–H and O–H groups in total. The van der Waals surface area contributed by atoms with Crippen molar-refractivity contribution >= 4 is 21.8 Å². The first kappa shape index (κ1) is 20.1. The van der Waals surface area contributed by atoms with Gasteiger partial charge < -0.3 is 19.5 Å². The van der Waals surface area contributed by atoms with Crippen LogP contribution in [0.4, 0.5) is 0 Å². The van der Waals surface area contributed by atoms with Gasteiger partial charge in [0.15, 0.2) is 18.1 Å². The van der Waals surface area contributed by atoms with Crippen molar-refractivity contribution in [1.29, 1.82) is 0 Å². The molecule has 26 heavy (non-hydrogen) atoms. The largest absolute Gasteiger partial charge is 0.493 e. The topological polar surface area (TPSA) is 56.8 Å². The second-order valence-corrected chi connectivity index (χ2v) is 6.71. The molecule has 0 aliphatic carbocycles.